The number of rotatable bonds is 6. The first kappa shape index (κ1) is 28.1. The number of thiophene rings is 1. The van der Waals surface area contributed by atoms with Crippen LogP contribution in [0.5, 0.6) is 0 Å². The van der Waals surface area contributed by atoms with Gasteiger partial charge in [0, 0.05) is 44.5 Å². The summed E-state index contributed by atoms with van der Waals surface area (Å²) in [7, 11) is 0. The Balaban J connectivity index is 1.41. The first-order valence-electron chi connectivity index (χ1n) is 14.6. The third-order valence-corrected chi connectivity index (χ3v) is 9.77. The fourth-order valence-corrected chi connectivity index (χ4v) is 7.36. The lowest BCUT2D eigenvalue weighted by molar-refractivity contribution is 0.102. The van der Waals surface area contributed by atoms with Gasteiger partial charge in [0.1, 0.15) is 10.8 Å². The minimum absolute atomic E-state index is 0.112. The van der Waals surface area contributed by atoms with E-state index in [0.717, 1.165) is 57.7 Å². The van der Waals surface area contributed by atoms with Crippen LogP contribution in [0.15, 0.2) is 83.9 Å². The van der Waals surface area contributed by atoms with Gasteiger partial charge in [0.2, 0.25) is 0 Å². The molecule has 6 heteroatoms. The highest BCUT2D eigenvalue weighted by Gasteiger charge is 2.33. The molecule has 0 spiro atoms. The van der Waals surface area contributed by atoms with Crippen LogP contribution >= 0.6 is 11.3 Å². The summed E-state index contributed by atoms with van der Waals surface area (Å²) in [5.74, 6) is 0.236. The van der Waals surface area contributed by atoms with Crippen LogP contribution in [0, 0.1) is 24.1 Å². The Morgan fingerprint density at radius 3 is 2.52 bits per heavy atom. The number of halogens is 1. The number of amides is 1. The summed E-state index contributed by atoms with van der Waals surface area (Å²) in [5, 5.41) is 4.91. The zero-order valence-electron chi connectivity index (χ0n) is 24.6. The van der Waals surface area contributed by atoms with E-state index < -0.39 is 0 Å². The number of para-hydroxylation sites is 2. The zero-order valence-corrected chi connectivity index (χ0v) is 25.4. The number of aromatic nitrogens is 1. The lowest BCUT2D eigenvalue weighted by Crippen LogP contribution is -2.27. The van der Waals surface area contributed by atoms with Crippen LogP contribution < -0.4 is 5.32 Å². The molecule has 2 aromatic heterocycles. The molecule has 2 heterocycles. The lowest BCUT2D eigenvalue weighted by Gasteiger charge is -2.33. The Bertz CT molecular complexity index is 1790. The fraction of sp³-hybridized carbons (Fsp3) is 0.278. The maximum Gasteiger partial charge on any atom is 0.259 e. The van der Waals surface area contributed by atoms with Gasteiger partial charge >= 0.3 is 0 Å². The van der Waals surface area contributed by atoms with Gasteiger partial charge in [-0.15, -0.1) is 11.3 Å². The SMILES string of the molecule is Cc1c(C=Nc2sc3c(c2C(=O)Nc2ccccc2)CC[C@@H](C(C)(C)C)C3)c2ccccc2n1Cc1ccccc1F. The minimum Gasteiger partial charge on any atom is -0.340 e. The fourth-order valence-electron chi connectivity index (χ4n) is 6.10. The van der Waals surface area contributed by atoms with Crippen molar-refractivity contribution >= 4 is 45.0 Å². The molecule has 3 aromatic carbocycles. The molecule has 4 nitrogen and oxygen atoms in total. The molecule has 0 fully saturated rings. The predicted molar refractivity (Wildman–Crippen MR) is 173 cm³/mol. The van der Waals surface area contributed by atoms with Crippen LogP contribution in [0.2, 0.25) is 0 Å². The van der Waals surface area contributed by atoms with Crippen molar-refractivity contribution in [2.45, 2.75) is 53.5 Å². The van der Waals surface area contributed by atoms with E-state index in [1.807, 2.05) is 60.8 Å². The van der Waals surface area contributed by atoms with Crippen LogP contribution in [0.1, 0.15) is 64.8 Å². The quantitative estimate of drug-likeness (QED) is 0.201. The molecule has 0 saturated heterocycles. The number of fused-ring (bicyclic) bond motifs is 2. The van der Waals surface area contributed by atoms with E-state index >= 15 is 0 Å². The summed E-state index contributed by atoms with van der Waals surface area (Å²) in [5.41, 5.74) is 6.46. The zero-order chi connectivity index (χ0) is 29.4. The first-order chi connectivity index (χ1) is 20.2. The van der Waals surface area contributed by atoms with E-state index in [9.17, 15) is 9.18 Å². The normalized spacial score (nSPS) is 15.3. The van der Waals surface area contributed by atoms with E-state index in [-0.39, 0.29) is 17.1 Å². The van der Waals surface area contributed by atoms with Crippen molar-refractivity contribution in [2.24, 2.45) is 16.3 Å². The highest BCUT2D eigenvalue weighted by Crippen LogP contribution is 2.45. The molecule has 0 saturated carbocycles. The Hall–Kier alpha value is -4.03. The number of nitrogens with one attached hydrogen (secondary N) is 1. The molecule has 1 atom stereocenters. The third kappa shape index (κ3) is 5.43. The summed E-state index contributed by atoms with van der Waals surface area (Å²) in [4.78, 5) is 20.1. The summed E-state index contributed by atoms with van der Waals surface area (Å²) in [6, 6.07) is 24.7. The highest BCUT2D eigenvalue weighted by atomic mass is 32.1. The van der Waals surface area contributed by atoms with Crippen LogP contribution in [0.4, 0.5) is 15.1 Å². The average molecular weight is 578 g/mol. The van der Waals surface area contributed by atoms with Crippen molar-refractivity contribution in [3.8, 4) is 0 Å². The van der Waals surface area contributed by atoms with Crippen LogP contribution in [-0.4, -0.2) is 16.7 Å². The summed E-state index contributed by atoms with van der Waals surface area (Å²) in [6.45, 7) is 9.40. The van der Waals surface area contributed by atoms with E-state index in [1.54, 1.807) is 17.4 Å². The molecule has 0 radical (unpaired) electrons. The van der Waals surface area contributed by atoms with Crippen molar-refractivity contribution in [2.75, 3.05) is 5.32 Å². The maximum absolute atomic E-state index is 14.6. The molecule has 1 aliphatic carbocycles. The highest BCUT2D eigenvalue weighted by molar-refractivity contribution is 7.16. The van der Waals surface area contributed by atoms with Crippen LogP contribution in [-0.2, 0) is 19.4 Å². The molecule has 214 valence electrons. The topological polar surface area (TPSA) is 46.4 Å². The van der Waals surface area contributed by atoms with E-state index in [4.69, 9.17) is 4.99 Å². The van der Waals surface area contributed by atoms with Crippen LogP contribution in [0.3, 0.4) is 0 Å². The van der Waals surface area contributed by atoms with E-state index in [1.165, 1.54) is 10.9 Å². The largest absolute Gasteiger partial charge is 0.340 e. The number of hydrogen-bond donors (Lipinski definition) is 1. The van der Waals surface area contributed by atoms with Gasteiger partial charge in [0.15, 0.2) is 0 Å². The number of hydrogen-bond acceptors (Lipinski definition) is 3. The second-order valence-corrected chi connectivity index (χ2v) is 13.3. The standard InChI is InChI=1S/C36H36FN3OS/c1-23-29(27-15-9-11-17-31(27)40(23)22-24-12-8-10-16-30(24)37)21-38-35-33(34(41)39-26-13-6-5-7-14-26)28-19-18-25(36(2,3)4)20-32(28)42-35/h5-17,21,25H,18-20,22H2,1-4H3,(H,39,41)/t25-/m1/s1. The molecule has 1 aliphatic rings. The minimum atomic E-state index is -0.211. The Morgan fingerprint density at radius 2 is 1.76 bits per heavy atom. The molecular weight excluding hydrogens is 541 g/mol. The van der Waals surface area contributed by atoms with Crippen molar-refractivity contribution in [3.63, 3.8) is 0 Å². The van der Waals surface area contributed by atoms with Crippen molar-refractivity contribution in [1.29, 1.82) is 0 Å². The van der Waals surface area contributed by atoms with Gasteiger partial charge in [-0.2, -0.15) is 0 Å². The van der Waals surface area contributed by atoms with Crippen molar-refractivity contribution in [3.05, 3.63) is 118 Å². The van der Waals surface area contributed by atoms with Crippen LogP contribution in [0.25, 0.3) is 10.9 Å². The molecule has 42 heavy (non-hydrogen) atoms. The van der Waals surface area contributed by atoms with Gasteiger partial charge < -0.3 is 9.88 Å². The molecule has 6 rings (SSSR count). The first-order valence-corrected chi connectivity index (χ1v) is 15.4. The van der Waals surface area contributed by atoms with E-state index in [2.05, 4.69) is 49.7 Å². The second-order valence-electron chi connectivity index (χ2n) is 12.3. The molecular formula is C36H36FN3OS. The van der Waals surface area contributed by atoms with Gasteiger partial charge in [0.25, 0.3) is 5.91 Å². The van der Waals surface area contributed by atoms with Gasteiger partial charge in [-0.25, -0.2) is 9.38 Å². The van der Waals surface area contributed by atoms with Crippen molar-refractivity contribution in [1.82, 2.24) is 4.57 Å². The summed E-state index contributed by atoms with van der Waals surface area (Å²) < 4.78 is 16.7. The molecule has 0 aliphatic heterocycles. The maximum atomic E-state index is 14.6. The number of aliphatic imine (C=N–C) groups is 1. The summed E-state index contributed by atoms with van der Waals surface area (Å²) >= 11 is 1.65. The van der Waals surface area contributed by atoms with E-state index in [0.29, 0.717) is 23.6 Å². The second kappa shape index (κ2) is 11.3. The van der Waals surface area contributed by atoms with Gasteiger partial charge in [-0.3, -0.25) is 4.79 Å². The Morgan fingerprint density at radius 1 is 1.05 bits per heavy atom. The molecule has 1 amide bonds. The number of carbonyl (C=O) groups is 1. The van der Waals surface area contributed by atoms with Gasteiger partial charge in [0.05, 0.1) is 12.1 Å². The number of anilines is 1. The molecule has 1 N–H and O–H groups in total. The van der Waals surface area contributed by atoms with Crippen molar-refractivity contribution < 1.29 is 9.18 Å². The average Bonchev–Trinajstić information content (AvgIpc) is 3.47. The number of benzene rings is 3. The monoisotopic (exact) mass is 577 g/mol. The molecule has 0 unspecified atom stereocenters. The molecule has 0 bridgehead atoms. The number of nitrogens with zero attached hydrogens (tertiary/aromatic N) is 2. The lowest BCUT2D eigenvalue weighted by atomic mass is 9.72. The molecule has 5 aromatic rings. The smallest absolute Gasteiger partial charge is 0.259 e. The predicted octanol–water partition coefficient (Wildman–Crippen LogP) is 9.35. The Labute approximate surface area is 250 Å². The van der Waals surface area contributed by atoms with Gasteiger partial charge in [-0.1, -0.05) is 75.4 Å². The summed E-state index contributed by atoms with van der Waals surface area (Å²) in [6.07, 6.45) is 4.80. The third-order valence-electron chi connectivity index (χ3n) is 8.61. The van der Waals surface area contributed by atoms with Gasteiger partial charge in [-0.05, 0) is 67.3 Å². The number of carbonyl (C=O) groups excluding carboxylic acids is 1. The Kier molecular flexibility index (Phi) is 7.58.